The predicted octanol–water partition coefficient (Wildman–Crippen LogP) is 3.91. The fourth-order valence-electron chi connectivity index (χ4n) is 1.67. The second-order valence-corrected chi connectivity index (χ2v) is 4.10. The quantitative estimate of drug-likeness (QED) is 0.613. The van der Waals surface area contributed by atoms with Gasteiger partial charge in [-0.25, -0.2) is 0 Å². The van der Waals surface area contributed by atoms with Crippen molar-refractivity contribution in [2.24, 2.45) is 0 Å². The van der Waals surface area contributed by atoms with Gasteiger partial charge in [0.15, 0.2) is 5.78 Å². The van der Waals surface area contributed by atoms with E-state index >= 15 is 0 Å². The molecule has 3 nitrogen and oxygen atoms in total. The van der Waals surface area contributed by atoms with Gasteiger partial charge in [-0.05, 0) is 30.3 Å². The van der Waals surface area contributed by atoms with Crippen molar-refractivity contribution in [3.05, 3.63) is 54.1 Å². The number of carbonyl (C=O) groups excluding carboxylic acids is 1. The van der Waals surface area contributed by atoms with Crippen molar-refractivity contribution in [3.8, 4) is 17.2 Å². The molecule has 2 aromatic rings. The van der Waals surface area contributed by atoms with Gasteiger partial charge in [-0.3, -0.25) is 4.79 Å². The molecule has 0 heterocycles. The Morgan fingerprint density at radius 2 is 1.84 bits per heavy atom. The number of halogens is 1. The summed E-state index contributed by atoms with van der Waals surface area (Å²) in [6.07, 6.45) is 0. The van der Waals surface area contributed by atoms with E-state index in [2.05, 4.69) is 0 Å². The van der Waals surface area contributed by atoms with Crippen molar-refractivity contribution in [1.29, 1.82) is 0 Å². The number of benzene rings is 2. The average molecular weight is 277 g/mol. The Hall–Kier alpha value is -2.00. The van der Waals surface area contributed by atoms with E-state index in [1.54, 1.807) is 18.2 Å². The van der Waals surface area contributed by atoms with Crippen LogP contribution in [0.5, 0.6) is 17.2 Å². The van der Waals surface area contributed by atoms with Gasteiger partial charge < -0.3 is 9.47 Å². The van der Waals surface area contributed by atoms with Gasteiger partial charge in [0.25, 0.3) is 0 Å². The van der Waals surface area contributed by atoms with Crippen LogP contribution >= 0.6 is 11.6 Å². The van der Waals surface area contributed by atoms with Gasteiger partial charge in [0.2, 0.25) is 0 Å². The molecule has 0 atom stereocenters. The summed E-state index contributed by atoms with van der Waals surface area (Å²) in [6.45, 7) is 0. The van der Waals surface area contributed by atoms with Crippen molar-refractivity contribution >= 4 is 17.4 Å². The third-order valence-electron chi connectivity index (χ3n) is 2.57. The molecule has 0 saturated carbocycles. The number of hydrogen-bond acceptors (Lipinski definition) is 3. The Morgan fingerprint density at radius 1 is 1.11 bits per heavy atom. The molecule has 0 aliphatic carbocycles. The van der Waals surface area contributed by atoms with Gasteiger partial charge in [-0.1, -0.05) is 18.2 Å². The molecule has 0 spiro atoms. The number of alkyl halides is 1. The lowest BCUT2D eigenvalue weighted by atomic mass is 10.1. The molecular formula is C15H13ClO3. The highest BCUT2D eigenvalue weighted by molar-refractivity contribution is 6.30. The molecule has 0 unspecified atom stereocenters. The lowest BCUT2D eigenvalue weighted by molar-refractivity contribution is 0.101. The van der Waals surface area contributed by atoms with Crippen LogP contribution in [-0.4, -0.2) is 18.8 Å². The Labute approximate surface area is 116 Å². The standard InChI is InChI=1S/C15H13ClO3/c1-18-15-8-7-12(9-13(15)14(17)10-16)19-11-5-3-2-4-6-11/h2-9H,10H2,1H3. The van der Waals surface area contributed by atoms with Gasteiger partial charge in [0, 0.05) is 0 Å². The maximum absolute atomic E-state index is 11.7. The van der Waals surface area contributed by atoms with E-state index in [-0.39, 0.29) is 11.7 Å². The maximum Gasteiger partial charge on any atom is 0.181 e. The van der Waals surface area contributed by atoms with Crippen molar-refractivity contribution in [2.75, 3.05) is 13.0 Å². The third-order valence-corrected chi connectivity index (χ3v) is 2.81. The van der Waals surface area contributed by atoms with Crippen LogP contribution in [0.15, 0.2) is 48.5 Å². The number of Topliss-reactive ketones (excluding diaryl/α,β-unsaturated/α-hetero) is 1. The monoisotopic (exact) mass is 276 g/mol. The summed E-state index contributed by atoms with van der Waals surface area (Å²) in [5, 5.41) is 0. The van der Waals surface area contributed by atoms with E-state index in [4.69, 9.17) is 21.1 Å². The molecule has 0 bridgehead atoms. The second-order valence-electron chi connectivity index (χ2n) is 3.83. The first kappa shape index (κ1) is 13.4. The molecular weight excluding hydrogens is 264 g/mol. The first-order valence-electron chi connectivity index (χ1n) is 5.74. The van der Waals surface area contributed by atoms with Crippen LogP contribution in [-0.2, 0) is 0 Å². The minimum atomic E-state index is -0.197. The van der Waals surface area contributed by atoms with Crippen molar-refractivity contribution in [1.82, 2.24) is 0 Å². The molecule has 19 heavy (non-hydrogen) atoms. The van der Waals surface area contributed by atoms with Crippen LogP contribution in [0, 0.1) is 0 Å². The van der Waals surface area contributed by atoms with Gasteiger partial charge in [-0.2, -0.15) is 0 Å². The normalized spacial score (nSPS) is 10.0. The highest BCUT2D eigenvalue weighted by Crippen LogP contribution is 2.28. The topological polar surface area (TPSA) is 35.5 Å². The SMILES string of the molecule is COc1ccc(Oc2ccccc2)cc1C(=O)CCl. The zero-order valence-electron chi connectivity index (χ0n) is 10.4. The number of ketones is 1. The Morgan fingerprint density at radius 3 is 2.47 bits per heavy atom. The van der Waals surface area contributed by atoms with E-state index in [1.165, 1.54) is 7.11 Å². The van der Waals surface area contributed by atoms with Gasteiger partial charge in [0.1, 0.15) is 17.2 Å². The van der Waals surface area contributed by atoms with Crippen molar-refractivity contribution in [3.63, 3.8) is 0 Å². The highest BCUT2D eigenvalue weighted by Gasteiger charge is 2.12. The number of methoxy groups -OCH3 is 1. The van der Waals surface area contributed by atoms with E-state index in [9.17, 15) is 4.79 Å². The molecule has 0 aliphatic heterocycles. The largest absolute Gasteiger partial charge is 0.496 e. The average Bonchev–Trinajstić information content (AvgIpc) is 2.47. The number of para-hydroxylation sites is 1. The summed E-state index contributed by atoms with van der Waals surface area (Å²) in [7, 11) is 1.51. The Kier molecular flexibility index (Phi) is 4.42. The molecule has 0 amide bonds. The zero-order chi connectivity index (χ0) is 13.7. The summed E-state index contributed by atoms with van der Waals surface area (Å²) in [5.74, 6) is 1.48. The fourth-order valence-corrected chi connectivity index (χ4v) is 1.81. The first-order valence-corrected chi connectivity index (χ1v) is 6.28. The fraction of sp³-hybridized carbons (Fsp3) is 0.133. The zero-order valence-corrected chi connectivity index (χ0v) is 11.2. The lowest BCUT2D eigenvalue weighted by Gasteiger charge is -2.10. The van der Waals surface area contributed by atoms with Crippen LogP contribution in [0.1, 0.15) is 10.4 Å². The third kappa shape index (κ3) is 3.26. The van der Waals surface area contributed by atoms with Crippen LogP contribution < -0.4 is 9.47 Å². The molecule has 0 fully saturated rings. The number of rotatable bonds is 5. The van der Waals surface area contributed by atoms with Crippen LogP contribution in [0.25, 0.3) is 0 Å². The lowest BCUT2D eigenvalue weighted by Crippen LogP contribution is -2.03. The van der Waals surface area contributed by atoms with Crippen LogP contribution in [0.2, 0.25) is 0 Å². The summed E-state index contributed by atoms with van der Waals surface area (Å²) >= 11 is 5.58. The minimum absolute atomic E-state index is 0.0921. The van der Waals surface area contributed by atoms with Gasteiger partial charge in [-0.15, -0.1) is 11.6 Å². The van der Waals surface area contributed by atoms with Crippen molar-refractivity contribution < 1.29 is 14.3 Å². The molecule has 0 N–H and O–H groups in total. The summed E-state index contributed by atoms with van der Waals surface area (Å²) in [4.78, 5) is 11.7. The molecule has 0 radical (unpaired) electrons. The Balaban J connectivity index is 2.30. The number of hydrogen-bond donors (Lipinski definition) is 0. The summed E-state index contributed by atoms with van der Waals surface area (Å²) in [5.41, 5.74) is 0.422. The van der Waals surface area contributed by atoms with Crippen molar-refractivity contribution in [2.45, 2.75) is 0 Å². The van der Waals surface area contributed by atoms with Crippen LogP contribution in [0.3, 0.4) is 0 Å². The maximum atomic E-state index is 11.7. The molecule has 98 valence electrons. The predicted molar refractivity (Wildman–Crippen MR) is 74.6 cm³/mol. The smallest absolute Gasteiger partial charge is 0.181 e. The second kappa shape index (κ2) is 6.25. The van der Waals surface area contributed by atoms with E-state index < -0.39 is 0 Å². The van der Waals surface area contributed by atoms with Gasteiger partial charge >= 0.3 is 0 Å². The molecule has 0 saturated heterocycles. The minimum Gasteiger partial charge on any atom is -0.496 e. The molecule has 0 aliphatic rings. The summed E-state index contributed by atoms with van der Waals surface area (Å²) in [6, 6.07) is 14.4. The molecule has 2 aromatic carbocycles. The highest BCUT2D eigenvalue weighted by atomic mass is 35.5. The summed E-state index contributed by atoms with van der Waals surface area (Å²) < 4.78 is 10.8. The van der Waals surface area contributed by atoms with E-state index in [0.29, 0.717) is 22.8 Å². The molecule has 0 aromatic heterocycles. The molecule has 4 heteroatoms. The number of carbonyl (C=O) groups is 1. The first-order chi connectivity index (χ1) is 9.24. The number of ether oxygens (including phenoxy) is 2. The van der Waals surface area contributed by atoms with E-state index in [0.717, 1.165) is 0 Å². The van der Waals surface area contributed by atoms with E-state index in [1.807, 2.05) is 30.3 Å². The van der Waals surface area contributed by atoms with Crippen LogP contribution in [0.4, 0.5) is 0 Å². The Bertz CT molecular complexity index is 567. The molecule has 2 rings (SSSR count). The van der Waals surface area contributed by atoms with Gasteiger partial charge in [0.05, 0.1) is 18.6 Å².